The third-order valence-electron chi connectivity index (χ3n) is 4.45. The van der Waals surface area contributed by atoms with Crippen LogP contribution >= 0.6 is 0 Å². The Bertz CT molecular complexity index is 1020. The molecule has 4 N–H and O–H groups in total. The van der Waals surface area contributed by atoms with Crippen LogP contribution in [0.25, 0.3) is 0 Å². The number of nitrogens with zero attached hydrogens (tertiary/aromatic N) is 3. The summed E-state index contributed by atoms with van der Waals surface area (Å²) in [6.07, 6.45) is -1.52. The maximum Gasteiger partial charge on any atom is 0.490 e. The van der Waals surface area contributed by atoms with E-state index < -0.39 is 12.1 Å². The summed E-state index contributed by atoms with van der Waals surface area (Å²) in [6.45, 7) is 3.40. The first-order valence-electron chi connectivity index (χ1n) is 10.2. The lowest BCUT2D eigenvalue weighted by atomic mass is 10.1. The van der Waals surface area contributed by atoms with Gasteiger partial charge in [-0.25, -0.2) is 4.79 Å². The quantitative estimate of drug-likeness (QED) is 0.273. The van der Waals surface area contributed by atoms with Crippen molar-refractivity contribution in [3.8, 4) is 11.5 Å². The number of phenolic OH excluding ortho intramolecular Hbond substituents is 2. The van der Waals surface area contributed by atoms with E-state index in [1.54, 1.807) is 18.5 Å². The molecule has 34 heavy (non-hydrogen) atoms. The van der Waals surface area contributed by atoms with Gasteiger partial charge in [-0.05, 0) is 42.5 Å². The van der Waals surface area contributed by atoms with Crippen LogP contribution < -0.4 is 5.32 Å². The van der Waals surface area contributed by atoms with Crippen molar-refractivity contribution in [1.82, 2.24) is 20.2 Å². The Balaban J connectivity index is 0.000000509. The summed E-state index contributed by atoms with van der Waals surface area (Å²) in [5, 5.41) is 30.3. The van der Waals surface area contributed by atoms with Crippen LogP contribution in [0.5, 0.6) is 11.5 Å². The van der Waals surface area contributed by atoms with Crippen LogP contribution in [0, 0.1) is 0 Å². The Hall–Kier alpha value is -3.70. The molecule has 0 spiro atoms. The van der Waals surface area contributed by atoms with Crippen molar-refractivity contribution >= 4 is 5.97 Å². The van der Waals surface area contributed by atoms with E-state index in [0.717, 1.165) is 24.5 Å². The van der Waals surface area contributed by atoms with E-state index in [1.165, 1.54) is 12.1 Å². The molecule has 1 aromatic carbocycles. The number of nitrogens with one attached hydrogen (secondary N) is 1. The van der Waals surface area contributed by atoms with E-state index in [9.17, 15) is 23.4 Å². The summed E-state index contributed by atoms with van der Waals surface area (Å²) >= 11 is 0. The number of hydrogen-bond acceptors (Lipinski definition) is 7. The molecule has 0 fully saturated rings. The number of alkyl halides is 3. The van der Waals surface area contributed by atoms with Gasteiger partial charge in [0.05, 0.1) is 11.4 Å². The van der Waals surface area contributed by atoms with Gasteiger partial charge in [0.1, 0.15) is 11.5 Å². The number of hydrogen-bond donors (Lipinski definition) is 4. The van der Waals surface area contributed by atoms with Gasteiger partial charge in [0.25, 0.3) is 0 Å². The molecule has 2 heterocycles. The summed E-state index contributed by atoms with van der Waals surface area (Å²) in [7, 11) is 0. The van der Waals surface area contributed by atoms with Gasteiger partial charge < -0.3 is 20.6 Å². The third kappa shape index (κ3) is 9.84. The maximum atomic E-state index is 10.6. The average molecular weight is 478 g/mol. The predicted molar refractivity (Wildman–Crippen MR) is 118 cm³/mol. The molecule has 0 aliphatic rings. The molecule has 0 bridgehead atoms. The van der Waals surface area contributed by atoms with Crippen LogP contribution in [0.15, 0.2) is 67.0 Å². The Kier molecular flexibility index (Phi) is 10.2. The maximum absolute atomic E-state index is 10.6. The molecule has 0 atom stereocenters. The van der Waals surface area contributed by atoms with E-state index in [1.807, 2.05) is 36.4 Å². The number of carboxylic acid groups (broad SMARTS) is 1. The number of carbonyl (C=O) groups is 1. The summed E-state index contributed by atoms with van der Waals surface area (Å²) in [5.41, 5.74) is 2.65. The number of benzene rings is 1. The fourth-order valence-corrected chi connectivity index (χ4v) is 2.83. The Labute approximate surface area is 194 Å². The van der Waals surface area contributed by atoms with E-state index in [4.69, 9.17) is 9.90 Å². The largest absolute Gasteiger partial charge is 0.508 e. The van der Waals surface area contributed by atoms with Gasteiger partial charge >= 0.3 is 12.1 Å². The fourth-order valence-electron chi connectivity index (χ4n) is 2.83. The van der Waals surface area contributed by atoms with Crippen LogP contribution in [0.2, 0.25) is 0 Å². The molecule has 8 nitrogen and oxygen atoms in total. The summed E-state index contributed by atoms with van der Waals surface area (Å²) in [4.78, 5) is 19.8. The molecule has 0 amide bonds. The van der Waals surface area contributed by atoms with Crippen LogP contribution in [-0.4, -0.2) is 55.4 Å². The second-order valence-electron chi connectivity index (χ2n) is 7.15. The number of carboxylic acids is 1. The topological polar surface area (TPSA) is 119 Å². The highest BCUT2D eigenvalue weighted by molar-refractivity contribution is 5.73. The van der Waals surface area contributed by atoms with Gasteiger partial charge in [-0.3, -0.25) is 14.9 Å². The molecule has 0 aliphatic carbocycles. The van der Waals surface area contributed by atoms with Crippen LogP contribution in [0.4, 0.5) is 13.2 Å². The van der Waals surface area contributed by atoms with Crippen LogP contribution in [0.3, 0.4) is 0 Å². The molecule has 0 saturated heterocycles. The zero-order valence-corrected chi connectivity index (χ0v) is 18.1. The minimum Gasteiger partial charge on any atom is -0.508 e. The van der Waals surface area contributed by atoms with Crippen molar-refractivity contribution < 1.29 is 33.3 Å². The fraction of sp³-hybridized carbons (Fsp3) is 0.261. The van der Waals surface area contributed by atoms with Crippen molar-refractivity contribution in [2.75, 3.05) is 13.1 Å². The number of aromatic hydroxyl groups is 2. The molecule has 11 heteroatoms. The standard InChI is InChI=1S/C21H24N4O2.C2HF3O2/c26-20-7-8-21(27)17(13-20)15-25(16-19-6-2-4-10-24-19)12-11-22-14-18-5-1-3-9-23-18;3-2(4,5)1(6)7/h1-10,13,22,26-27H,11-12,14-16H2;(H,6,7). The van der Waals surface area contributed by atoms with Crippen LogP contribution in [-0.2, 0) is 24.4 Å². The molecule has 3 aromatic rings. The van der Waals surface area contributed by atoms with E-state index in [0.29, 0.717) is 25.2 Å². The monoisotopic (exact) mass is 478 g/mol. The molecule has 0 aliphatic heterocycles. The first-order chi connectivity index (χ1) is 16.1. The van der Waals surface area contributed by atoms with Crippen molar-refractivity contribution in [3.05, 3.63) is 83.9 Å². The molecular weight excluding hydrogens is 453 g/mol. The Morgan fingerprint density at radius 3 is 2.12 bits per heavy atom. The normalized spacial score (nSPS) is 11.1. The molecule has 3 rings (SSSR count). The number of aliphatic carboxylic acids is 1. The number of aromatic nitrogens is 2. The highest BCUT2D eigenvalue weighted by Gasteiger charge is 2.38. The average Bonchev–Trinajstić information content (AvgIpc) is 2.80. The molecule has 0 radical (unpaired) electrons. The van der Waals surface area contributed by atoms with Crippen molar-refractivity contribution in [2.45, 2.75) is 25.8 Å². The van der Waals surface area contributed by atoms with E-state index in [2.05, 4.69) is 20.2 Å². The number of pyridine rings is 2. The minimum atomic E-state index is -5.08. The van der Waals surface area contributed by atoms with Crippen molar-refractivity contribution in [3.63, 3.8) is 0 Å². The summed E-state index contributed by atoms with van der Waals surface area (Å²) in [6, 6.07) is 16.3. The molecule has 182 valence electrons. The Morgan fingerprint density at radius 1 is 0.941 bits per heavy atom. The van der Waals surface area contributed by atoms with Gasteiger partial charge in [0.15, 0.2) is 0 Å². The predicted octanol–water partition coefficient (Wildman–Crippen LogP) is 3.31. The van der Waals surface area contributed by atoms with Crippen molar-refractivity contribution in [1.29, 1.82) is 0 Å². The van der Waals surface area contributed by atoms with Gasteiger partial charge in [0.2, 0.25) is 0 Å². The number of phenols is 2. The zero-order chi connectivity index (χ0) is 25.0. The second-order valence-corrected chi connectivity index (χ2v) is 7.15. The third-order valence-corrected chi connectivity index (χ3v) is 4.45. The number of rotatable bonds is 9. The molecule has 0 saturated carbocycles. The molecular formula is C23H25F3N4O4. The van der Waals surface area contributed by atoms with Crippen LogP contribution in [0.1, 0.15) is 17.0 Å². The zero-order valence-electron chi connectivity index (χ0n) is 18.1. The summed E-state index contributed by atoms with van der Waals surface area (Å²) < 4.78 is 31.7. The summed E-state index contributed by atoms with van der Waals surface area (Å²) in [5.74, 6) is -2.43. The van der Waals surface area contributed by atoms with E-state index >= 15 is 0 Å². The second kappa shape index (κ2) is 13.1. The van der Waals surface area contributed by atoms with Gasteiger partial charge in [0, 0.05) is 50.7 Å². The lowest BCUT2D eigenvalue weighted by molar-refractivity contribution is -0.192. The minimum absolute atomic E-state index is 0.147. The van der Waals surface area contributed by atoms with Crippen molar-refractivity contribution in [2.24, 2.45) is 0 Å². The molecule has 0 unspecified atom stereocenters. The highest BCUT2D eigenvalue weighted by atomic mass is 19.4. The van der Waals surface area contributed by atoms with Gasteiger partial charge in [-0.1, -0.05) is 12.1 Å². The lowest BCUT2D eigenvalue weighted by Crippen LogP contribution is -2.31. The molecule has 2 aromatic heterocycles. The highest BCUT2D eigenvalue weighted by Crippen LogP contribution is 2.24. The first-order valence-corrected chi connectivity index (χ1v) is 10.2. The SMILES string of the molecule is O=C(O)C(F)(F)F.Oc1ccc(O)c(CN(CCNCc2ccccn2)Cc2ccccn2)c1. The Morgan fingerprint density at radius 2 is 1.56 bits per heavy atom. The smallest absolute Gasteiger partial charge is 0.490 e. The lowest BCUT2D eigenvalue weighted by Gasteiger charge is -2.23. The number of halogens is 3. The van der Waals surface area contributed by atoms with Gasteiger partial charge in [-0.15, -0.1) is 0 Å². The van der Waals surface area contributed by atoms with Gasteiger partial charge in [-0.2, -0.15) is 13.2 Å². The van der Waals surface area contributed by atoms with E-state index in [-0.39, 0.29) is 11.5 Å². The first kappa shape index (κ1) is 26.6.